The molecule has 0 aliphatic carbocycles. The van der Waals surface area contributed by atoms with Crippen LogP contribution in [0.15, 0.2) is 41.1 Å². The summed E-state index contributed by atoms with van der Waals surface area (Å²) >= 11 is 3.07. The average Bonchev–Trinajstić information content (AvgIpc) is 2.35. The number of pyridine rings is 1. The van der Waals surface area contributed by atoms with Crippen molar-refractivity contribution in [3.8, 4) is 0 Å². The Labute approximate surface area is 111 Å². The molecule has 0 saturated carbocycles. The lowest BCUT2D eigenvalue weighted by molar-refractivity contribution is 0.0988. The van der Waals surface area contributed by atoms with Crippen LogP contribution >= 0.6 is 15.9 Å². The fourth-order valence-electron chi connectivity index (χ4n) is 1.55. The van der Waals surface area contributed by atoms with Crippen molar-refractivity contribution >= 4 is 21.7 Å². The smallest absolute Gasteiger partial charge is 0.170 e. The van der Waals surface area contributed by atoms with Crippen LogP contribution in [0.2, 0.25) is 0 Å². The van der Waals surface area contributed by atoms with Gasteiger partial charge in [-0.25, -0.2) is 8.78 Å². The Balaban J connectivity index is 2.27. The maximum atomic E-state index is 13.4. The second-order valence-electron chi connectivity index (χ2n) is 3.67. The molecule has 0 bridgehead atoms. The SMILES string of the molecule is O=C(Cc1cccc(F)c1Br)c1ccncc1F. The first-order valence-corrected chi connectivity index (χ1v) is 5.94. The van der Waals surface area contributed by atoms with Gasteiger partial charge in [0.05, 0.1) is 16.2 Å². The van der Waals surface area contributed by atoms with Gasteiger partial charge in [-0.15, -0.1) is 0 Å². The summed E-state index contributed by atoms with van der Waals surface area (Å²) in [6, 6.07) is 5.71. The predicted octanol–water partition coefficient (Wildman–Crippen LogP) is 3.55. The zero-order chi connectivity index (χ0) is 13.1. The van der Waals surface area contributed by atoms with Crippen molar-refractivity contribution < 1.29 is 13.6 Å². The van der Waals surface area contributed by atoms with E-state index in [9.17, 15) is 13.6 Å². The maximum absolute atomic E-state index is 13.4. The second-order valence-corrected chi connectivity index (χ2v) is 4.46. The zero-order valence-corrected chi connectivity index (χ0v) is 10.7. The van der Waals surface area contributed by atoms with E-state index in [2.05, 4.69) is 20.9 Å². The number of hydrogen-bond acceptors (Lipinski definition) is 2. The van der Waals surface area contributed by atoms with Gasteiger partial charge in [-0.2, -0.15) is 0 Å². The lowest BCUT2D eigenvalue weighted by Crippen LogP contribution is -2.07. The van der Waals surface area contributed by atoms with E-state index >= 15 is 0 Å². The molecule has 0 saturated heterocycles. The number of carbonyl (C=O) groups excluding carboxylic acids is 1. The van der Waals surface area contributed by atoms with Crippen LogP contribution in [-0.4, -0.2) is 10.8 Å². The normalized spacial score (nSPS) is 10.4. The van der Waals surface area contributed by atoms with E-state index in [1.54, 1.807) is 6.07 Å². The second kappa shape index (κ2) is 5.35. The number of halogens is 3. The fourth-order valence-corrected chi connectivity index (χ4v) is 1.96. The Hall–Kier alpha value is -1.62. The molecular formula is C13H8BrF2NO. The highest BCUT2D eigenvalue weighted by molar-refractivity contribution is 9.10. The van der Waals surface area contributed by atoms with Crippen molar-refractivity contribution in [1.29, 1.82) is 0 Å². The van der Waals surface area contributed by atoms with E-state index in [1.807, 2.05) is 0 Å². The molecule has 18 heavy (non-hydrogen) atoms. The quantitative estimate of drug-likeness (QED) is 0.811. The molecule has 0 aliphatic heterocycles. The Morgan fingerprint density at radius 3 is 2.72 bits per heavy atom. The average molecular weight is 312 g/mol. The van der Waals surface area contributed by atoms with Gasteiger partial charge in [0.15, 0.2) is 11.6 Å². The summed E-state index contributed by atoms with van der Waals surface area (Å²) < 4.78 is 26.9. The van der Waals surface area contributed by atoms with Crippen LogP contribution < -0.4 is 0 Å². The Kier molecular flexibility index (Phi) is 3.81. The summed E-state index contributed by atoms with van der Waals surface area (Å²) in [6.45, 7) is 0. The Morgan fingerprint density at radius 2 is 2.00 bits per heavy atom. The minimum absolute atomic E-state index is 0.0406. The Morgan fingerprint density at radius 1 is 1.22 bits per heavy atom. The van der Waals surface area contributed by atoms with Crippen LogP contribution in [0.1, 0.15) is 15.9 Å². The van der Waals surface area contributed by atoms with Gasteiger partial charge in [0, 0.05) is 12.6 Å². The van der Waals surface area contributed by atoms with Crippen LogP contribution in [-0.2, 0) is 6.42 Å². The number of hydrogen-bond donors (Lipinski definition) is 0. The van der Waals surface area contributed by atoms with Gasteiger partial charge in [0.1, 0.15) is 5.82 Å². The molecule has 1 aromatic heterocycles. The molecule has 0 aliphatic rings. The first kappa shape index (κ1) is 12.8. The molecule has 5 heteroatoms. The van der Waals surface area contributed by atoms with Crippen molar-refractivity contribution in [2.75, 3.05) is 0 Å². The molecule has 1 aromatic carbocycles. The molecular weight excluding hydrogens is 304 g/mol. The fraction of sp³-hybridized carbons (Fsp3) is 0.0769. The molecule has 92 valence electrons. The Bertz CT molecular complexity index is 601. The molecule has 0 atom stereocenters. The molecule has 1 heterocycles. The van der Waals surface area contributed by atoms with Crippen molar-refractivity contribution in [3.05, 3.63) is 63.9 Å². The standard InChI is InChI=1S/C13H8BrF2NO/c14-13-8(2-1-3-10(13)15)6-12(18)9-4-5-17-7-11(9)16/h1-5,7H,6H2. The van der Waals surface area contributed by atoms with Crippen LogP contribution in [0.5, 0.6) is 0 Å². The first-order valence-electron chi connectivity index (χ1n) is 5.15. The van der Waals surface area contributed by atoms with Crippen molar-refractivity contribution in [2.45, 2.75) is 6.42 Å². The third-order valence-corrected chi connectivity index (χ3v) is 3.34. The van der Waals surface area contributed by atoms with E-state index in [0.717, 1.165) is 6.20 Å². The van der Waals surface area contributed by atoms with Crippen molar-refractivity contribution in [3.63, 3.8) is 0 Å². The summed E-state index contributed by atoms with van der Waals surface area (Å²) in [7, 11) is 0. The monoisotopic (exact) mass is 311 g/mol. The number of benzene rings is 1. The number of nitrogens with zero attached hydrogens (tertiary/aromatic N) is 1. The van der Waals surface area contributed by atoms with E-state index in [-0.39, 0.29) is 16.5 Å². The van der Waals surface area contributed by atoms with Gasteiger partial charge >= 0.3 is 0 Å². The van der Waals surface area contributed by atoms with Crippen LogP contribution in [0.4, 0.5) is 8.78 Å². The highest BCUT2D eigenvalue weighted by atomic mass is 79.9. The third kappa shape index (κ3) is 2.61. The zero-order valence-electron chi connectivity index (χ0n) is 9.16. The minimum atomic E-state index is -0.671. The van der Waals surface area contributed by atoms with Crippen molar-refractivity contribution in [1.82, 2.24) is 4.98 Å². The van der Waals surface area contributed by atoms with Gasteiger partial charge < -0.3 is 0 Å². The van der Waals surface area contributed by atoms with Gasteiger partial charge in [-0.1, -0.05) is 12.1 Å². The summed E-state index contributed by atoms with van der Waals surface area (Å²) in [5.41, 5.74) is 0.442. The number of carbonyl (C=O) groups is 1. The minimum Gasteiger partial charge on any atom is -0.294 e. The van der Waals surface area contributed by atoms with E-state index < -0.39 is 17.4 Å². The first-order chi connectivity index (χ1) is 8.59. The number of ketones is 1. The number of Topliss-reactive ketones (excluding diaryl/α,β-unsaturated/α-hetero) is 1. The topological polar surface area (TPSA) is 30.0 Å². The van der Waals surface area contributed by atoms with Crippen LogP contribution in [0, 0.1) is 11.6 Å². The summed E-state index contributed by atoms with van der Waals surface area (Å²) in [4.78, 5) is 15.5. The molecule has 0 fully saturated rings. The number of aromatic nitrogens is 1. The van der Waals surface area contributed by atoms with Crippen LogP contribution in [0.3, 0.4) is 0 Å². The largest absolute Gasteiger partial charge is 0.294 e. The van der Waals surface area contributed by atoms with E-state index in [0.29, 0.717) is 5.56 Å². The molecule has 2 rings (SSSR count). The summed E-state index contributed by atoms with van der Waals surface area (Å²) in [6.07, 6.45) is 2.25. The van der Waals surface area contributed by atoms with Gasteiger partial charge in [-0.05, 0) is 33.6 Å². The lowest BCUT2D eigenvalue weighted by atomic mass is 10.0. The highest BCUT2D eigenvalue weighted by Crippen LogP contribution is 2.22. The molecule has 0 spiro atoms. The molecule has 2 aromatic rings. The van der Waals surface area contributed by atoms with Crippen LogP contribution in [0.25, 0.3) is 0 Å². The third-order valence-electron chi connectivity index (χ3n) is 2.46. The molecule has 0 N–H and O–H groups in total. The van der Waals surface area contributed by atoms with Gasteiger partial charge in [0.2, 0.25) is 0 Å². The molecule has 2 nitrogen and oxygen atoms in total. The lowest BCUT2D eigenvalue weighted by Gasteiger charge is -2.05. The van der Waals surface area contributed by atoms with Crippen molar-refractivity contribution in [2.24, 2.45) is 0 Å². The summed E-state index contributed by atoms with van der Waals surface area (Å²) in [5, 5.41) is 0. The van der Waals surface area contributed by atoms with Gasteiger partial charge in [-0.3, -0.25) is 9.78 Å². The molecule has 0 unspecified atom stereocenters. The predicted molar refractivity (Wildman–Crippen MR) is 66.3 cm³/mol. The van der Waals surface area contributed by atoms with E-state index in [1.165, 1.54) is 24.4 Å². The van der Waals surface area contributed by atoms with E-state index in [4.69, 9.17) is 0 Å². The molecule has 0 amide bonds. The summed E-state index contributed by atoms with van der Waals surface area (Å²) in [5.74, 6) is -1.54. The molecule has 0 radical (unpaired) electrons. The van der Waals surface area contributed by atoms with Gasteiger partial charge in [0.25, 0.3) is 0 Å². The highest BCUT2D eigenvalue weighted by Gasteiger charge is 2.14. The number of rotatable bonds is 3. The maximum Gasteiger partial charge on any atom is 0.170 e.